The summed E-state index contributed by atoms with van der Waals surface area (Å²) in [6.07, 6.45) is 3.65. The van der Waals surface area contributed by atoms with Gasteiger partial charge in [0, 0.05) is 17.1 Å². The lowest BCUT2D eigenvalue weighted by molar-refractivity contribution is 0.0947. The van der Waals surface area contributed by atoms with Gasteiger partial charge in [-0.1, -0.05) is 18.6 Å². The van der Waals surface area contributed by atoms with Crippen molar-refractivity contribution in [3.8, 4) is 0 Å². The van der Waals surface area contributed by atoms with E-state index in [4.69, 9.17) is 0 Å². The van der Waals surface area contributed by atoms with E-state index in [1.807, 2.05) is 24.3 Å². The highest BCUT2D eigenvalue weighted by molar-refractivity contribution is 9.10. The number of carbonyl (C=O) groups is 1. The van der Waals surface area contributed by atoms with Crippen molar-refractivity contribution in [2.75, 3.05) is 13.1 Å². The van der Waals surface area contributed by atoms with Crippen LogP contribution < -0.4 is 10.6 Å². The molecule has 0 aromatic heterocycles. The van der Waals surface area contributed by atoms with Crippen LogP contribution in [-0.4, -0.2) is 25.0 Å². The van der Waals surface area contributed by atoms with E-state index in [-0.39, 0.29) is 5.91 Å². The predicted octanol–water partition coefficient (Wildman–Crippen LogP) is 2.32. The summed E-state index contributed by atoms with van der Waals surface area (Å²) in [5.41, 5.74) is 0.698. The molecule has 0 aliphatic carbocycles. The van der Waals surface area contributed by atoms with Crippen LogP contribution in [0.5, 0.6) is 0 Å². The molecular formula is C13H17BrN2O. The third-order valence-corrected chi connectivity index (χ3v) is 3.73. The van der Waals surface area contributed by atoms with E-state index >= 15 is 0 Å². The third-order valence-electron chi connectivity index (χ3n) is 3.04. The van der Waals surface area contributed by atoms with Gasteiger partial charge in [-0.05, 0) is 47.4 Å². The molecule has 1 aromatic rings. The first-order valence-electron chi connectivity index (χ1n) is 6.03. The van der Waals surface area contributed by atoms with E-state index in [2.05, 4.69) is 26.6 Å². The minimum absolute atomic E-state index is 0.00940. The van der Waals surface area contributed by atoms with Crippen molar-refractivity contribution in [2.45, 2.75) is 25.3 Å². The molecule has 1 aliphatic rings. The predicted molar refractivity (Wildman–Crippen MR) is 72.1 cm³/mol. The lowest BCUT2D eigenvalue weighted by Gasteiger charge is -2.23. The van der Waals surface area contributed by atoms with Crippen LogP contribution in [0.4, 0.5) is 0 Å². The maximum absolute atomic E-state index is 11.9. The molecular weight excluding hydrogens is 280 g/mol. The van der Waals surface area contributed by atoms with Crippen molar-refractivity contribution in [1.29, 1.82) is 0 Å². The number of rotatable bonds is 3. The molecule has 92 valence electrons. The van der Waals surface area contributed by atoms with Crippen LogP contribution in [-0.2, 0) is 0 Å². The molecule has 1 aliphatic heterocycles. The number of amides is 1. The summed E-state index contributed by atoms with van der Waals surface area (Å²) >= 11 is 3.39. The number of benzene rings is 1. The van der Waals surface area contributed by atoms with E-state index in [0.717, 1.165) is 17.4 Å². The molecule has 1 amide bonds. The van der Waals surface area contributed by atoms with Gasteiger partial charge < -0.3 is 10.6 Å². The van der Waals surface area contributed by atoms with Crippen LogP contribution in [0.15, 0.2) is 28.7 Å². The lowest BCUT2D eigenvalue weighted by Crippen LogP contribution is -2.43. The molecule has 1 aromatic carbocycles. The van der Waals surface area contributed by atoms with Gasteiger partial charge in [-0.2, -0.15) is 0 Å². The van der Waals surface area contributed by atoms with Gasteiger partial charge in [-0.15, -0.1) is 0 Å². The number of halogens is 1. The van der Waals surface area contributed by atoms with Crippen molar-refractivity contribution in [3.05, 3.63) is 34.3 Å². The molecule has 17 heavy (non-hydrogen) atoms. The fraction of sp³-hybridized carbons (Fsp3) is 0.462. The summed E-state index contributed by atoms with van der Waals surface area (Å²) in [6, 6.07) is 7.92. The van der Waals surface area contributed by atoms with Crippen molar-refractivity contribution >= 4 is 21.8 Å². The smallest absolute Gasteiger partial charge is 0.252 e. The standard InChI is InChI=1S/C13H17BrN2O/c14-12-7-2-1-6-11(12)13(17)16-9-10-5-3-4-8-15-10/h1-2,6-7,10,15H,3-5,8-9H2,(H,16,17). The molecule has 0 radical (unpaired) electrons. The molecule has 1 heterocycles. The van der Waals surface area contributed by atoms with E-state index in [9.17, 15) is 4.79 Å². The minimum Gasteiger partial charge on any atom is -0.350 e. The fourth-order valence-electron chi connectivity index (χ4n) is 2.05. The molecule has 1 fully saturated rings. The zero-order valence-corrected chi connectivity index (χ0v) is 11.3. The summed E-state index contributed by atoms with van der Waals surface area (Å²) in [7, 11) is 0. The first kappa shape index (κ1) is 12.6. The van der Waals surface area contributed by atoms with E-state index in [1.54, 1.807) is 0 Å². The van der Waals surface area contributed by atoms with Gasteiger partial charge in [0.05, 0.1) is 5.56 Å². The number of nitrogens with one attached hydrogen (secondary N) is 2. The quantitative estimate of drug-likeness (QED) is 0.899. The number of hydrogen-bond donors (Lipinski definition) is 2. The first-order chi connectivity index (χ1) is 8.27. The molecule has 2 rings (SSSR count). The molecule has 0 bridgehead atoms. The van der Waals surface area contributed by atoms with Crippen LogP contribution in [0.1, 0.15) is 29.6 Å². The summed E-state index contributed by atoms with van der Waals surface area (Å²) in [5.74, 6) is -0.00940. The van der Waals surface area contributed by atoms with Gasteiger partial charge >= 0.3 is 0 Å². The molecule has 1 saturated heterocycles. The summed E-state index contributed by atoms with van der Waals surface area (Å²) in [5, 5.41) is 6.39. The summed E-state index contributed by atoms with van der Waals surface area (Å²) in [6.45, 7) is 1.77. The van der Waals surface area contributed by atoms with Gasteiger partial charge in [0.15, 0.2) is 0 Å². The van der Waals surface area contributed by atoms with E-state index in [1.165, 1.54) is 12.8 Å². The SMILES string of the molecule is O=C(NCC1CCCCN1)c1ccccc1Br. The third kappa shape index (κ3) is 3.54. The number of carbonyl (C=O) groups excluding carboxylic acids is 1. The molecule has 3 nitrogen and oxygen atoms in total. The normalized spacial score (nSPS) is 19.9. The molecule has 0 spiro atoms. The van der Waals surface area contributed by atoms with Crippen LogP contribution >= 0.6 is 15.9 Å². The average molecular weight is 297 g/mol. The second-order valence-electron chi connectivity index (χ2n) is 4.34. The molecule has 1 unspecified atom stereocenters. The van der Waals surface area contributed by atoms with Gasteiger partial charge in [0.1, 0.15) is 0 Å². The molecule has 1 atom stereocenters. The molecule has 0 saturated carbocycles. The number of piperidine rings is 1. The topological polar surface area (TPSA) is 41.1 Å². The maximum Gasteiger partial charge on any atom is 0.252 e. The first-order valence-corrected chi connectivity index (χ1v) is 6.83. The highest BCUT2D eigenvalue weighted by Crippen LogP contribution is 2.15. The summed E-state index contributed by atoms with van der Waals surface area (Å²) in [4.78, 5) is 11.9. The summed E-state index contributed by atoms with van der Waals surface area (Å²) < 4.78 is 0.842. The Morgan fingerprint density at radius 1 is 1.41 bits per heavy atom. The number of hydrogen-bond acceptors (Lipinski definition) is 2. The Balaban J connectivity index is 1.87. The Morgan fingerprint density at radius 3 is 2.94 bits per heavy atom. The Morgan fingerprint density at radius 2 is 2.24 bits per heavy atom. The van der Waals surface area contributed by atoms with Crippen LogP contribution in [0.2, 0.25) is 0 Å². The van der Waals surface area contributed by atoms with Gasteiger partial charge in [-0.25, -0.2) is 0 Å². The second kappa shape index (κ2) is 6.17. The average Bonchev–Trinajstić information content (AvgIpc) is 2.38. The fourth-order valence-corrected chi connectivity index (χ4v) is 2.52. The second-order valence-corrected chi connectivity index (χ2v) is 5.19. The molecule has 2 N–H and O–H groups in total. The van der Waals surface area contributed by atoms with Crippen molar-refractivity contribution in [2.24, 2.45) is 0 Å². The minimum atomic E-state index is -0.00940. The zero-order chi connectivity index (χ0) is 12.1. The van der Waals surface area contributed by atoms with Gasteiger partial charge in [0.2, 0.25) is 0 Å². The Kier molecular flexibility index (Phi) is 4.57. The van der Waals surface area contributed by atoms with Crippen LogP contribution in [0, 0.1) is 0 Å². The van der Waals surface area contributed by atoms with E-state index in [0.29, 0.717) is 18.2 Å². The van der Waals surface area contributed by atoms with Gasteiger partial charge in [0.25, 0.3) is 5.91 Å². The Hall–Kier alpha value is -0.870. The monoisotopic (exact) mass is 296 g/mol. The highest BCUT2D eigenvalue weighted by atomic mass is 79.9. The van der Waals surface area contributed by atoms with Crippen LogP contribution in [0.25, 0.3) is 0 Å². The van der Waals surface area contributed by atoms with Gasteiger partial charge in [-0.3, -0.25) is 4.79 Å². The van der Waals surface area contributed by atoms with E-state index < -0.39 is 0 Å². The van der Waals surface area contributed by atoms with Crippen molar-refractivity contribution < 1.29 is 4.79 Å². The van der Waals surface area contributed by atoms with Crippen LogP contribution in [0.3, 0.4) is 0 Å². The maximum atomic E-state index is 11.9. The van der Waals surface area contributed by atoms with Crippen molar-refractivity contribution in [1.82, 2.24) is 10.6 Å². The van der Waals surface area contributed by atoms with Crippen molar-refractivity contribution in [3.63, 3.8) is 0 Å². The Bertz CT molecular complexity index is 389. The Labute approximate surface area is 110 Å². The largest absolute Gasteiger partial charge is 0.350 e. The molecule has 4 heteroatoms. The highest BCUT2D eigenvalue weighted by Gasteiger charge is 2.14. The zero-order valence-electron chi connectivity index (χ0n) is 9.71. The lowest BCUT2D eigenvalue weighted by atomic mass is 10.1.